The Balaban J connectivity index is 1.58. The van der Waals surface area contributed by atoms with Crippen LogP contribution in [0, 0.1) is 5.92 Å². The molecule has 0 bridgehead atoms. The van der Waals surface area contributed by atoms with Gasteiger partial charge in [-0.15, -0.1) is 0 Å². The van der Waals surface area contributed by atoms with Crippen LogP contribution in [0.2, 0.25) is 0 Å². The lowest BCUT2D eigenvalue weighted by molar-refractivity contribution is 0.0185. The molecular weight excluding hydrogens is 246 g/mol. The largest absolute Gasteiger partial charge is 0.308 e. The third kappa shape index (κ3) is 3.05. The van der Waals surface area contributed by atoms with Crippen molar-refractivity contribution in [3.05, 3.63) is 0 Å². The van der Waals surface area contributed by atoms with Crippen molar-refractivity contribution in [1.82, 2.24) is 15.1 Å². The van der Waals surface area contributed by atoms with E-state index in [-0.39, 0.29) is 0 Å². The molecule has 0 aromatic heterocycles. The first-order valence-electron chi connectivity index (χ1n) is 8.85. The lowest BCUT2D eigenvalue weighted by Crippen LogP contribution is -2.66. The lowest BCUT2D eigenvalue weighted by atomic mass is 9.88. The zero-order chi connectivity index (χ0) is 14.2. The molecular formula is C17H33N3. The summed E-state index contributed by atoms with van der Waals surface area (Å²) in [7, 11) is 0. The van der Waals surface area contributed by atoms with Gasteiger partial charge in [0, 0.05) is 30.7 Å². The first-order chi connectivity index (χ1) is 9.62. The second-order valence-electron chi connectivity index (χ2n) is 7.67. The van der Waals surface area contributed by atoms with Crippen LogP contribution in [-0.2, 0) is 0 Å². The number of rotatable bonds is 4. The quantitative estimate of drug-likeness (QED) is 0.852. The van der Waals surface area contributed by atoms with E-state index in [2.05, 4.69) is 35.9 Å². The number of piperidine rings is 1. The van der Waals surface area contributed by atoms with Crippen molar-refractivity contribution in [2.75, 3.05) is 32.7 Å². The van der Waals surface area contributed by atoms with Crippen LogP contribution in [-0.4, -0.2) is 60.1 Å². The van der Waals surface area contributed by atoms with Gasteiger partial charge in [-0.25, -0.2) is 0 Å². The maximum atomic E-state index is 3.85. The van der Waals surface area contributed by atoms with Crippen molar-refractivity contribution in [2.24, 2.45) is 5.92 Å². The molecule has 2 saturated heterocycles. The van der Waals surface area contributed by atoms with Crippen molar-refractivity contribution in [2.45, 2.75) is 70.5 Å². The fraction of sp³-hybridized carbons (Fsp3) is 1.00. The fourth-order valence-corrected chi connectivity index (χ4v) is 4.36. The number of hydrogen-bond acceptors (Lipinski definition) is 3. The summed E-state index contributed by atoms with van der Waals surface area (Å²) in [6.45, 7) is 13.6. The normalized spacial score (nSPS) is 38.2. The molecule has 0 aromatic rings. The molecule has 2 heterocycles. The Morgan fingerprint density at radius 3 is 2.45 bits per heavy atom. The molecule has 3 aliphatic rings. The molecule has 0 aromatic carbocycles. The molecule has 3 nitrogen and oxygen atoms in total. The minimum atomic E-state index is 0.396. The highest BCUT2D eigenvalue weighted by Gasteiger charge is 2.46. The Morgan fingerprint density at radius 1 is 1.15 bits per heavy atom. The van der Waals surface area contributed by atoms with E-state index in [1.54, 1.807) is 0 Å². The number of nitrogens with zero attached hydrogens (tertiary/aromatic N) is 2. The Labute approximate surface area is 125 Å². The van der Waals surface area contributed by atoms with Crippen LogP contribution in [0.1, 0.15) is 52.9 Å². The van der Waals surface area contributed by atoms with Gasteiger partial charge in [-0.3, -0.25) is 4.90 Å². The summed E-state index contributed by atoms with van der Waals surface area (Å²) in [6, 6.07) is 1.54. The Kier molecular flexibility index (Phi) is 4.40. The molecule has 3 heteroatoms. The van der Waals surface area contributed by atoms with Crippen molar-refractivity contribution in [3.8, 4) is 0 Å². The lowest BCUT2D eigenvalue weighted by Gasteiger charge is -2.50. The topological polar surface area (TPSA) is 18.5 Å². The maximum absolute atomic E-state index is 3.85. The minimum Gasteiger partial charge on any atom is -0.308 e. The summed E-state index contributed by atoms with van der Waals surface area (Å²) >= 11 is 0. The zero-order valence-corrected chi connectivity index (χ0v) is 13.7. The third-order valence-corrected chi connectivity index (χ3v) is 5.92. The van der Waals surface area contributed by atoms with Gasteiger partial charge in [-0.1, -0.05) is 6.92 Å². The molecule has 0 radical (unpaired) electrons. The van der Waals surface area contributed by atoms with Crippen LogP contribution in [0.5, 0.6) is 0 Å². The molecule has 0 amide bonds. The van der Waals surface area contributed by atoms with E-state index in [9.17, 15) is 0 Å². The van der Waals surface area contributed by atoms with Gasteiger partial charge in [0.2, 0.25) is 0 Å². The zero-order valence-electron chi connectivity index (χ0n) is 13.7. The first kappa shape index (κ1) is 14.8. The van der Waals surface area contributed by atoms with Gasteiger partial charge in [0.1, 0.15) is 0 Å². The average Bonchev–Trinajstić information content (AvgIpc) is 3.28. The van der Waals surface area contributed by atoms with E-state index in [1.165, 1.54) is 64.8 Å². The standard InChI is InChI=1S/C17H33N3/c1-4-9-19-10-7-16(8-11-19)20-13-17(3,15-5-6-15)18-12-14(20)2/h14-16,18H,4-13H2,1-3H3. The van der Waals surface area contributed by atoms with E-state index >= 15 is 0 Å². The van der Waals surface area contributed by atoms with Gasteiger partial charge in [0.25, 0.3) is 0 Å². The smallest absolute Gasteiger partial charge is 0.0309 e. The number of nitrogens with one attached hydrogen (secondary N) is 1. The monoisotopic (exact) mass is 279 g/mol. The molecule has 2 atom stereocenters. The van der Waals surface area contributed by atoms with Gasteiger partial charge < -0.3 is 10.2 Å². The summed E-state index contributed by atoms with van der Waals surface area (Å²) in [5, 5.41) is 3.85. The second-order valence-corrected chi connectivity index (χ2v) is 7.67. The number of likely N-dealkylation sites (tertiary alicyclic amines) is 1. The van der Waals surface area contributed by atoms with Crippen LogP contribution in [0.15, 0.2) is 0 Å². The second kappa shape index (κ2) is 5.94. The minimum absolute atomic E-state index is 0.396. The predicted molar refractivity (Wildman–Crippen MR) is 85.1 cm³/mol. The highest BCUT2D eigenvalue weighted by Crippen LogP contribution is 2.42. The van der Waals surface area contributed by atoms with Crippen LogP contribution in [0.4, 0.5) is 0 Å². The molecule has 1 saturated carbocycles. The van der Waals surface area contributed by atoms with E-state index < -0.39 is 0 Å². The summed E-state index contributed by atoms with van der Waals surface area (Å²) < 4.78 is 0. The van der Waals surface area contributed by atoms with E-state index in [0.717, 1.165) is 12.0 Å². The maximum Gasteiger partial charge on any atom is 0.0309 e. The SMILES string of the molecule is CCCN1CCC(N2CC(C)(C3CC3)NCC2C)CC1. The average molecular weight is 279 g/mol. The molecule has 20 heavy (non-hydrogen) atoms. The summed E-state index contributed by atoms with van der Waals surface area (Å²) in [4.78, 5) is 5.50. The molecule has 116 valence electrons. The Hall–Kier alpha value is -0.120. The van der Waals surface area contributed by atoms with Crippen LogP contribution < -0.4 is 5.32 Å². The van der Waals surface area contributed by atoms with Crippen molar-refractivity contribution < 1.29 is 0 Å². The summed E-state index contributed by atoms with van der Waals surface area (Å²) in [5.74, 6) is 0.942. The summed E-state index contributed by atoms with van der Waals surface area (Å²) in [5.41, 5.74) is 0.396. The van der Waals surface area contributed by atoms with E-state index in [1.807, 2.05) is 0 Å². The first-order valence-corrected chi connectivity index (χ1v) is 8.85. The molecule has 2 unspecified atom stereocenters. The fourth-order valence-electron chi connectivity index (χ4n) is 4.36. The van der Waals surface area contributed by atoms with Crippen LogP contribution in [0.3, 0.4) is 0 Å². The van der Waals surface area contributed by atoms with Crippen molar-refractivity contribution in [1.29, 1.82) is 0 Å². The van der Waals surface area contributed by atoms with Gasteiger partial charge in [-0.2, -0.15) is 0 Å². The van der Waals surface area contributed by atoms with Gasteiger partial charge in [0.05, 0.1) is 0 Å². The Bertz CT molecular complexity index is 320. The molecule has 1 aliphatic carbocycles. The molecule has 3 rings (SSSR count). The van der Waals surface area contributed by atoms with Gasteiger partial charge in [0.15, 0.2) is 0 Å². The van der Waals surface area contributed by atoms with Crippen LogP contribution >= 0.6 is 0 Å². The van der Waals surface area contributed by atoms with E-state index in [4.69, 9.17) is 0 Å². The number of hydrogen-bond donors (Lipinski definition) is 1. The van der Waals surface area contributed by atoms with Gasteiger partial charge >= 0.3 is 0 Å². The molecule has 2 aliphatic heterocycles. The third-order valence-electron chi connectivity index (χ3n) is 5.92. The molecule has 3 fully saturated rings. The highest BCUT2D eigenvalue weighted by atomic mass is 15.3. The predicted octanol–water partition coefficient (Wildman–Crippen LogP) is 2.32. The molecule has 0 spiro atoms. The van der Waals surface area contributed by atoms with Crippen molar-refractivity contribution in [3.63, 3.8) is 0 Å². The summed E-state index contributed by atoms with van der Waals surface area (Å²) in [6.07, 6.45) is 6.95. The van der Waals surface area contributed by atoms with Crippen LogP contribution in [0.25, 0.3) is 0 Å². The number of piperazine rings is 1. The Morgan fingerprint density at radius 2 is 1.85 bits per heavy atom. The molecule has 1 N–H and O–H groups in total. The van der Waals surface area contributed by atoms with Crippen molar-refractivity contribution >= 4 is 0 Å². The van der Waals surface area contributed by atoms with Gasteiger partial charge in [-0.05, 0) is 71.5 Å². The highest BCUT2D eigenvalue weighted by molar-refractivity contribution is 5.04. The van der Waals surface area contributed by atoms with E-state index in [0.29, 0.717) is 11.6 Å².